The largest absolute Gasteiger partial charge is 0.490 e. The van der Waals surface area contributed by atoms with Crippen molar-refractivity contribution in [2.45, 2.75) is 52.0 Å². The predicted octanol–water partition coefficient (Wildman–Crippen LogP) is 5.07. The molecule has 34 heavy (non-hydrogen) atoms. The molecule has 0 saturated carbocycles. The molecule has 0 unspecified atom stereocenters. The first-order valence-electron chi connectivity index (χ1n) is 12.8. The molecule has 0 bridgehead atoms. The first kappa shape index (κ1) is 24.3. The number of rotatable bonds is 8. The molecule has 2 fully saturated rings. The average molecular weight is 467 g/mol. The van der Waals surface area contributed by atoms with Gasteiger partial charge in [0.1, 0.15) is 0 Å². The van der Waals surface area contributed by atoms with Crippen LogP contribution in [0.2, 0.25) is 0 Å². The third kappa shape index (κ3) is 7.10. The minimum atomic E-state index is 0.0131. The summed E-state index contributed by atoms with van der Waals surface area (Å²) in [6, 6.07) is 11.3. The van der Waals surface area contributed by atoms with Crippen molar-refractivity contribution in [3.05, 3.63) is 48.2 Å². The Morgan fingerprint density at radius 1 is 1.00 bits per heavy atom. The average Bonchev–Trinajstić information content (AvgIpc) is 3.14. The summed E-state index contributed by atoms with van der Waals surface area (Å²) in [4.78, 5) is 21.7. The van der Waals surface area contributed by atoms with E-state index in [1.807, 2.05) is 48.2 Å². The number of hydrogen-bond donors (Lipinski definition) is 1. The Hall–Kier alpha value is -2.80. The van der Waals surface area contributed by atoms with Crippen LogP contribution in [0.5, 0.6) is 17.4 Å². The number of benzene rings is 1. The van der Waals surface area contributed by atoms with Gasteiger partial charge in [-0.05, 0) is 69.3 Å². The molecule has 2 amide bonds. The van der Waals surface area contributed by atoms with Crippen LogP contribution >= 0.6 is 0 Å². The second-order valence-corrected chi connectivity index (χ2v) is 9.29. The molecule has 7 nitrogen and oxygen atoms in total. The number of nitrogens with zero attached hydrogens (tertiary/aromatic N) is 3. The smallest absolute Gasteiger partial charge is 0.317 e. The zero-order valence-electron chi connectivity index (χ0n) is 20.4. The van der Waals surface area contributed by atoms with Gasteiger partial charge in [0.15, 0.2) is 11.5 Å². The quantitative estimate of drug-likeness (QED) is 0.588. The number of piperidine rings is 1. The molecule has 0 aliphatic carbocycles. The van der Waals surface area contributed by atoms with Crippen LogP contribution in [0.4, 0.5) is 4.79 Å². The predicted molar refractivity (Wildman–Crippen MR) is 133 cm³/mol. The Bertz CT molecular complexity index is 889. The van der Waals surface area contributed by atoms with Crippen LogP contribution in [0.3, 0.4) is 0 Å². The van der Waals surface area contributed by atoms with Gasteiger partial charge < -0.3 is 24.6 Å². The van der Waals surface area contributed by atoms with E-state index in [1.165, 1.54) is 45.3 Å². The van der Waals surface area contributed by atoms with Gasteiger partial charge in [0.25, 0.3) is 0 Å². The van der Waals surface area contributed by atoms with Gasteiger partial charge in [-0.2, -0.15) is 0 Å². The number of urea groups is 1. The van der Waals surface area contributed by atoms with E-state index in [4.69, 9.17) is 9.47 Å². The fourth-order valence-corrected chi connectivity index (χ4v) is 4.79. The molecule has 0 radical (unpaired) electrons. The van der Waals surface area contributed by atoms with E-state index in [0.717, 1.165) is 31.5 Å². The Morgan fingerprint density at radius 3 is 2.41 bits per heavy atom. The summed E-state index contributed by atoms with van der Waals surface area (Å²) in [6.07, 6.45) is 9.37. The van der Waals surface area contributed by atoms with Crippen molar-refractivity contribution in [1.29, 1.82) is 0 Å². The van der Waals surface area contributed by atoms with Crippen molar-refractivity contribution >= 4 is 6.03 Å². The highest BCUT2D eigenvalue weighted by Gasteiger charge is 2.24. The molecular formula is C27H38N4O3. The lowest BCUT2D eigenvalue weighted by atomic mass is 9.96. The summed E-state index contributed by atoms with van der Waals surface area (Å²) in [6.45, 7) is 8.35. The van der Waals surface area contributed by atoms with Crippen LogP contribution in [-0.2, 0) is 6.54 Å². The van der Waals surface area contributed by atoms with Crippen molar-refractivity contribution in [3.63, 3.8) is 0 Å². The molecule has 0 atom stereocenters. The van der Waals surface area contributed by atoms with E-state index in [2.05, 4.69) is 15.2 Å². The third-order valence-electron chi connectivity index (χ3n) is 6.72. The number of nitrogens with one attached hydrogen (secondary N) is 1. The highest BCUT2D eigenvalue weighted by atomic mass is 16.5. The number of para-hydroxylation sites is 2. The molecule has 2 aliphatic rings. The monoisotopic (exact) mass is 466 g/mol. The number of amides is 2. The van der Waals surface area contributed by atoms with E-state index in [-0.39, 0.29) is 6.03 Å². The van der Waals surface area contributed by atoms with Gasteiger partial charge in [0.05, 0.1) is 6.61 Å². The molecule has 1 aromatic heterocycles. The molecule has 184 valence electrons. The molecule has 4 rings (SSSR count). The molecule has 7 heteroatoms. The van der Waals surface area contributed by atoms with Gasteiger partial charge >= 0.3 is 6.03 Å². The van der Waals surface area contributed by atoms with Crippen LogP contribution < -0.4 is 14.8 Å². The molecule has 3 heterocycles. The maximum atomic E-state index is 12.7. The van der Waals surface area contributed by atoms with Crippen LogP contribution in [0, 0.1) is 5.92 Å². The van der Waals surface area contributed by atoms with Crippen molar-refractivity contribution in [3.8, 4) is 17.4 Å². The molecule has 2 aliphatic heterocycles. The third-order valence-corrected chi connectivity index (χ3v) is 6.72. The van der Waals surface area contributed by atoms with Crippen molar-refractivity contribution < 1.29 is 14.3 Å². The first-order chi connectivity index (χ1) is 16.7. The lowest BCUT2D eigenvalue weighted by Crippen LogP contribution is -2.45. The number of pyridine rings is 1. The number of hydrogen-bond acceptors (Lipinski definition) is 5. The van der Waals surface area contributed by atoms with Crippen molar-refractivity contribution in [2.75, 3.05) is 39.3 Å². The summed E-state index contributed by atoms with van der Waals surface area (Å²) < 4.78 is 11.5. The summed E-state index contributed by atoms with van der Waals surface area (Å²) >= 11 is 0. The van der Waals surface area contributed by atoms with E-state index < -0.39 is 0 Å². The fraction of sp³-hybridized carbons (Fsp3) is 0.556. The highest BCUT2D eigenvalue weighted by Crippen LogP contribution is 2.30. The Balaban J connectivity index is 1.19. The topological polar surface area (TPSA) is 66.9 Å². The van der Waals surface area contributed by atoms with Gasteiger partial charge in [-0.1, -0.05) is 31.0 Å². The molecule has 0 spiro atoms. The summed E-state index contributed by atoms with van der Waals surface area (Å²) in [5.41, 5.74) is 0.940. The standard InChI is InChI=1S/C27H38N4O3/c1-2-33-24-9-5-6-10-25(24)34-26-12-11-23(19-28-26)20-29-27(32)31-17-13-22(14-18-31)21-30-15-7-3-4-8-16-30/h5-6,9-12,19,22H,2-4,7-8,13-18,20-21H2,1H3,(H,29,32). The molecule has 2 aromatic rings. The van der Waals surface area contributed by atoms with Crippen LogP contribution in [0.25, 0.3) is 0 Å². The van der Waals surface area contributed by atoms with Crippen LogP contribution in [0.1, 0.15) is 51.0 Å². The summed E-state index contributed by atoms with van der Waals surface area (Å²) in [7, 11) is 0. The van der Waals surface area contributed by atoms with Crippen molar-refractivity contribution in [1.82, 2.24) is 20.1 Å². The zero-order valence-corrected chi connectivity index (χ0v) is 20.4. The fourth-order valence-electron chi connectivity index (χ4n) is 4.79. The van der Waals surface area contributed by atoms with Gasteiger partial charge in [-0.3, -0.25) is 0 Å². The normalized spacial score (nSPS) is 17.7. The van der Waals surface area contributed by atoms with E-state index in [9.17, 15) is 4.79 Å². The lowest BCUT2D eigenvalue weighted by Gasteiger charge is -2.34. The van der Waals surface area contributed by atoms with Gasteiger partial charge in [-0.15, -0.1) is 0 Å². The van der Waals surface area contributed by atoms with E-state index in [1.54, 1.807) is 6.20 Å². The van der Waals surface area contributed by atoms with Gasteiger partial charge in [0.2, 0.25) is 5.88 Å². The zero-order chi connectivity index (χ0) is 23.6. The minimum Gasteiger partial charge on any atom is -0.490 e. The number of carbonyl (C=O) groups is 1. The van der Waals surface area contributed by atoms with Gasteiger partial charge in [0, 0.05) is 38.4 Å². The Kier molecular flexibility index (Phi) is 9.02. The summed E-state index contributed by atoms with van der Waals surface area (Å²) in [5.74, 6) is 2.54. The van der Waals surface area contributed by atoms with E-state index in [0.29, 0.717) is 36.4 Å². The number of aromatic nitrogens is 1. The maximum Gasteiger partial charge on any atom is 0.317 e. The second-order valence-electron chi connectivity index (χ2n) is 9.29. The highest BCUT2D eigenvalue weighted by molar-refractivity contribution is 5.74. The Morgan fingerprint density at radius 2 is 1.74 bits per heavy atom. The Labute approximate surface area is 203 Å². The minimum absolute atomic E-state index is 0.0131. The lowest BCUT2D eigenvalue weighted by molar-refractivity contribution is 0.147. The van der Waals surface area contributed by atoms with Crippen LogP contribution in [-0.4, -0.2) is 60.1 Å². The van der Waals surface area contributed by atoms with Gasteiger partial charge in [-0.25, -0.2) is 9.78 Å². The van der Waals surface area contributed by atoms with Crippen molar-refractivity contribution in [2.24, 2.45) is 5.92 Å². The maximum absolute atomic E-state index is 12.7. The SMILES string of the molecule is CCOc1ccccc1Oc1ccc(CNC(=O)N2CCC(CN3CCCCCC3)CC2)cn1. The molecular weight excluding hydrogens is 428 g/mol. The molecule has 1 N–H and O–H groups in total. The second kappa shape index (κ2) is 12.6. The first-order valence-corrected chi connectivity index (χ1v) is 12.8. The number of likely N-dealkylation sites (tertiary alicyclic amines) is 2. The number of ether oxygens (including phenoxy) is 2. The molecule has 2 saturated heterocycles. The van der Waals surface area contributed by atoms with Crippen LogP contribution in [0.15, 0.2) is 42.6 Å². The van der Waals surface area contributed by atoms with E-state index >= 15 is 0 Å². The summed E-state index contributed by atoms with van der Waals surface area (Å²) in [5, 5.41) is 3.04. The number of carbonyl (C=O) groups excluding carboxylic acids is 1. The molecule has 1 aromatic carbocycles.